The summed E-state index contributed by atoms with van der Waals surface area (Å²) in [7, 11) is -5.24. The molecule has 2 saturated heterocycles. The van der Waals surface area contributed by atoms with Gasteiger partial charge in [-0.3, -0.25) is 9.89 Å². The summed E-state index contributed by atoms with van der Waals surface area (Å²) in [5.41, 5.74) is -5.24. The average molecular weight is 428 g/mol. The zero-order valence-electron chi connectivity index (χ0n) is 16.6. The van der Waals surface area contributed by atoms with Gasteiger partial charge in [0.25, 0.3) is 0 Å². The molecule has 2 heterocycles. The summed E-state index contributed by atoms with van der Waals surface area (Å²) in [4.78, 5) is 7.11. The average Bonchev–Trinajstić information content (AvgIpc) is 2.66. The maximum Gasteiger partial charge on any atom is 0.511 e. The van der Waals surface area contributed by atoms with Crippen LogP contribution in [0.25, 0.3) is 0 Å². The smallest absolute Gasteiger partial charge is 0.357 e. The van der Waals surface area contributed by atoms with E-state index in [0.717, 1.165) is 19.5 Å². The second kappa shape index (κ2) is 10.1. The first kappa shape index (κ1) is 23.2. The summed E-state index contributed by atoms with van der Waals surface area (Å²) < 4.78 is 61.6. The molecule has 11 heteroatoms. The topological polar surface area (TPSA) is 77.0 Å². The van der Waals surface area contributed by atoms with Gasteiger partial charge in [-0.25, -0.2) is 8.42 Å². The minimum Gasteiger partial charge on any atom is -0.357 e. The van der Waals surface area contributed by atoms with Gasteiger partial charge in [0.1, 0.15) is 0 Å². The van der Waals surface area contributed by atoms with E-state index in [1.54, 1.807) is 0 Å². The standard InChI is InChI=1S/C17H32F3N5O2S/c1-3-21-16(22-13-15-7-5-6-10-24(15)4-2)23-14-8-11-25(12-9-14)28(26,27)17(18,19)20/h14-15H,3-13H2,1-2H3,(H2,21,22,23). The van der Waals surface area contributed by atoms with Gasteiger partial charge in [-0.15, -0.1) is 0 Å². The third-order valence-electron chi connectivity index (χ3n) is 5.39. The van der Waals surface area contributed by atoms with Crippen LogP contribution in [0.15, 0.2) is 4.99 Å². The Labute approximate surface area is 165 Å². The Morgan fingerprint density at radius 2 is 1.79 bits per heavy atom. The zero-order valence-corrected chi connectivity index (χ0v) is 17.4. The predicted octanol–water partition coefficient (Wildman–Crippen LogP) is 1.73. The van der Waals surface area contributed by atoms with Crippen molar-refractivity contribution in [3.63, 3.8) is 0 Å². The first-order valence-electron chi connectivity index (χ1n) is 10.0. The summed E-state index contributed by atoms with van der Waals surface area (Å²) in [5, 5.41) is 6.43. The summed E-state index contributed by atoms with van der Waals surface area (Å²) in [6.45, 7) is 7.24. The van der Waals surface area contributed by atoms with E-state index in [-0.39, 0.29) is 19.1 Å². The van der Waals surface area contributed by atoms with Gasteiger partial charge in [-0.1, -0.05) is 13.3 Å². The lowest BCUT2D eigenvalue weighted by molar-refractivity contribution is -0.0494. The molecular formula is C17H32F3N5O2S. The van der Waals surface area contributed by atoms with Gasteiger partial charge in [0.2, 0.25) is 0 Å². The van der Waals surface area contributed by atoms with Gasteiger partial charge in [0, 0.05) is 31.7 Å². The number of halogens is 3. The molecule has 0 bridgehead atoms. The Morgan fingerprint density at radius 3 is 2.36 bits per heavy atom. The number of likely N-dealkylation sites (tertiary alicyclic amines) is 1. The minimum atomic E-state index is -5.24. The molecule has 0 aliphatic carbocycles. The Hall–Kier alpha value is -1.07. The lowest BCUT2D eigenvalue weighted by Crippen LogP contribution is -2.52. The van der Waals surface area contributed by atoms with E-state index >= 15 is 0 Å². The first-order valence-corrected chi connectivity index (χ1v) is 11.5. The SMILES string of the molecule is CCNC(=NCC1CCCCN1CC)NC1CCN(S(=O)(=O)C(F)(F)F)CC1. The van der Waals surface area contributed by atoms with Crippen molar-refractivity contribution in [3.8, 4) is 0 Å². The van der Waals surface area contributed by atoms with Crippen molar-refractivity contribution >= 4 is 16.0 Å². The van der Waals surface area contributed by atoms with E-state index in [1.807, 2.05) is 6.92 Å². The lowest BCUT2D eigenvalue weighted by atomic mass is 10.0. The van der Waals surface area contributed by atoms with E-state index in [9.17, 15) is 21.6 Å². The van der Waals surface area contributed by atoms with E-state index in [0.29, 0.717) is 42.2 Å². The van der Waals surface area contributed by atoms with Crippen LogP contribution in [0, 0.1) is 0 Å². The van der Waals surface area contributed by atoms with Crippen LogP contribution in [0.2, 0.25) is 0 Å². The van der Waals surface area contributed by atoms with Crippen molar-refractivity contribution in [2.75, 3.05) is 39.3 Å². The largest absolute Gasteiger partial charge is 0.511 e. The number of guanidine groups is 1. The fraction of sp³-hybridized carbons (Fsp3) is 0.941. The van der Waals surface area contributed by atoms with Crippen LogP contribution in [0.3, 0.4) is 0 Å². The third kappa shape index (κ3) is 5.96. The Balaban J connectivity index is 1.91. The molecular weight excluding hydrogens is 395 g/mol. The summed E-state index contributed by atoms with van der Waals surface area (Å²) in [6, 6.07) is 0.305. The summed E-state index contributed by atoms with van der Waals surface area (Å²) in [5.74, 6) is 0.640. The van der Waals surface area contributed by atoms with Crippen molar-refractivity contribution in [3.05, 3.63) is 0 Å². The maximum atomic E-state index is 12.7. The minimum absolute atomic E-state index is 0.105. The number of piperidine rings is 2. The molecule has 0 radical (unpaired) electrons. The van der Waals surface area contributed by atoms with Gasteiger partial charge >= 0.3 is 15.5 Å². The molecule has 2 fully saturated rings. The van der Waals surface area contributed by atoms with Crippen LogP contribution < -0.4 is 10.6 Å². The van der Waals surface area contributed by atoms with Crippen LogP contribution in [0.1, 0.15) is 46.0 Å². The van der Waals surface area contributed by atoms with Crippen LogP contribution >= 0.6 is 0 Å². The highest BCUT2D eigenvalue weighted by Gasteiger charge is 2.50. The van der Waals surface area contributed by atoms with Crippen molar-refractivity contribution in [2.24, 2.45) is 4.99 Å². The molecule has 0 aromatic carbocycles. The van der Waals surface area contributed by atoms with Gasteiger partial charge < -0.3 is 10.6 Å². The van der Waals surface area contributed by atoms with Crippen molar-refractivity contribution in [1.82, 2.24) is 19.8 Å². The first-order chi connectivity index (χ1) is 13.2. The molecule has 2 aliphatic rings. The number of nitrogens with zero attached hydrogens (tertiary/aromatic N) is 3. The molecule has 2 rings (SSSR count). The normalized spacial score (nSPS) is 24.3. The molecule has 1 atom stereocenters. The Morgan fingerprint density at radius 1 is 1.11 bits per heavy atom. The second-order valence-corrected chi connectivity index (χ2v) is 9.20. The molecule has 28 heavy (non-hydrogen) atoms. The highest BCUT2D eigenvalue weighted by atomic mass is 32.2. The molecule has 0 amide bonds. The van der Waals surface area contributed by atoms with E-state index in [1.165, 1.54) is 12.8 Å². The number of rotatable bonds is 6. The Bertz CT molecular complexity index is 619. The molecule has 0 saturated carbocycles. The van der Waals surface area contributed by atoms with Crippen molar-refractivity contribution < 1.29 is 21.6 Å². The Kier molecular flexibility index (Phi) is 8.38. The predicted molar refractivity (Wildman–Crippen MR) is 104 cm³/mol. The second-order valence-electron chi connectivity index (χ2n) is 7.27. The molecule has 2 aliphatic heterocycles. The molecule has 0 spiro atoms. The molecule has 2 N–H and O–H groups in total. The molecule has 1 unspecified atom stereocenters. The third-order valence-corrected chi connectivity index (χ3v) is 7.02. The van der Waals surface area contributed by atoms with Crippen molar-refractivity contribution in [1.29, 1.82) is 0 Å². The van der Waals surface area contributed by atoms with Crippen LogP contribution in [-0.2, 0) is 10.0 Å². The quantitative estimate of drug-likeness (QED) is 0.499. The maximum absolute atomic E-state index is 12.7. The number of hydrogen-bond acceptors (Lipinski definition) is 4. The van der Waals surface area contributed by atoms with Crippen molar-refractivity contribution in [2.45, 2.75) is 63.5 Å². The van der Waals surface area contributed by atoms with Crippen LogP contribution in [0.4, 0.5) is 13.2 Å². The lowest BCUT2D eigenvalue weighted by Gasteiger charge is -2.34. The molecule has 0 aromatic heterocycles. The molecule has 0 aromatic rings. The number of nitrogens with one attached hydrogen (secondary N) is 2. The number of likely N-dealkylation sites (N-methyl/N-ethyl adjacent to an activating group) is 1. The van der Waals surface area contributed by atoms with Gasteiger partial charge in [-0.05, 0) is 45.7 Å². The highest BCUT2D eigenvalue weighted by Crippen LogP contribution is 2.29. The van der Waals surface area contributed by atoms with Gasteiger partial charge in [0.05, 0.1) is 6.54 Å². The zero-order chi connectivity index (χ0) is 20.8. The highest BCUT2D eigenvalue weighted by molar-refractivity contribution is 7.90. The van der Waals surface area contributed by atoms with Crippen LogP contribution in [0.5, 0.6) is 0 Å². The molecule has 164 valence electrons. The number of alkyl halides is 3. The van der Waals surface area contributed by atoms with Crippen LogP contribution in [-0.4, -0.2) is 80.4 Å². The fourth-order valence-electron chi connectivity index (χ4n) is 3.78. The van der Waals surface area contributed by atoms with E-state index in [4.69, 9.17) is 0 Å². The number of sulfonamides is 1. The monoisotopic (exact) mass is 427 g/mol. The summed E-state index contributed by atoms with van der Waals surface area (Å²) in [6.07, 6.45) is 4.15. The van der Waals surface area contributed by atoms with Gasteiger partial charge in [0.15, 0.2) is 5.96 Å². The fourth-order valence-corrected chi connectivity index (χ4v) is 4.76. The van der Waals surface area contributed by atoms with E-state index < -0.39 is 15.5 Å². The summed E-state index contributed by atoms with van der Waals surface area (Å²) >= 11 is 0. The van der Waals surface area contributed by atoms with E-state index in [2.05, 4.69) is 27.4 Å². The van der Waals surface area contributed by atoms with Gasteiger partial charge in [-0.2, -0.15) is 17.5 Å². The number of aliphatic imine (C=N–C) groups is 1. The number of hydrogen-bond donors (Lipinski definition) is 2. The molecule has 7 nitrogen and oxygen atoms in total.